The molecule has 0 bridgehead atoms. The summed E-state index contributed by atoms with van der Waals surface area (Å²) in [5.74, 6) is -1.33. The zero-order valence-electron chi connectivity index (χ0n) is 19.1. The molecule has 1 saturated heterocycles. The number of hydrogen-bond donors (Lipinski definition) is 2. The quantitative estimate of drug-likeness (QED) is 0.335. The molecule has 1 aliphatic rings. The highest BCUT2D eigenvalue weighted by Crippen LogP contribution is 2.24. The van der Waals surface area contributed by atoms with Crippen LogP contribution < -0.4 is 15.6 Å². The van der Waals surface area contributed by atoms with E-state index in [2.05, 4.69) is 10.7 Å². The number of amides is 3. The van der Waals surface area contributed by atoms with Gasteiger partial charge in [0.1, 0.15) is 5.57 Å². The topological polar surface area (TPSA) is 83.4 Å². The van der Waals surface area contributed by atoms with Gasteiger partial charge < -0.3 is 0 Å². The predicted octanol–water partition coefficient (Wildman–Crippen LogP) is 3.88. The molecule has 172 valence electrons. The Bertz CT molecular complexity index is 1320. The molecule has 0 aliphatic carbocycles. The van der Waals surface area contributed by atoms with Crippen molar-refractivity contribution in [3.63, 3.8) is 0 Å². The van der Waals surface area contributed by atoms with Crippen LogP contribution >= 0.6 is 12.2 Å². The van der Waals surface area contributed by atoms with Crippen molar-refractivity contribution in [2.24, 2.45) is 0 Å². The van der Waals surface area contributed by atoms with Gasteiger partial charge in [0.15, 0.2) is 5.11 Å². The van der Waals surface area contributed by atoms with Crippen molar-refractivity contribution >= 4 is 46.8 Å². The summed E-state index contributed by atoms with van der Waals surface area (Å²) in [5, 5.41) is 2.64. The van der Waals surface area contributed by atoms with E-state index in [0.717, 1.165) is 17.7 Å². The highest BCUT2D eigenvalue weighted by atomic mass is 32.1. The first kappa shape index (κ1) is 23.1. The van der Waals surface area contributed by atoms with Crippen LogP contribution in [0.5, 0.6) is 0 Å². The summed E-state index contributed by atoms with van der Waals surface area (Å²) in [6.07, 6.45) is 2.40. The van der Waals surface area contributed by atoms with Crippen LogP contribution in [0.1, 0.15) is 39.8 Å². The molecule has 1 aromatic heterocycles. The van der Waals surface area contributed by atoms with Gasteiger partial charge >= 0.3 is 0 Å². The molecule has 4 rings (SSSR count). The van der Waals surface area contributed by atoms with E-state index in [0.29, 0.717) is 22.5 Å². The lowest BCUT2D eigenvalue weighted by molar-refractivity contribution is -0.122. The maximum absolute atomic E-state index is 13.3. The molecule has 34 heavy (non-hydrogen) atoms. The number of carbonyl (C=O) groups excluding carboxylic acids is 3. The minimum atomic E-state index is -0.561. The van der Waals surface area contributed by atoms with E-state index >= 15 is 0 Å². The van der Waals surface area contributed by atoms with Gasteiger partial charge in [-0.25, -0.2) is 0 Å². The monoisotopic (exact) mass is 472 g/mol. The Morgan fingerprint density at radius 3 is 2.38 bits per heavy atom. The number of aromatic nitrogens is 1. The van der Waals surface area contributed by atoms with Crippen LogP contribution in [0.15, 0.2) is 66.2 Å². The summed E-state index contributed by atoms with van der Waals surface area (Å²) in [6, 6.07) is 18.1. The molecule has 0 spiro atoms. The summed E-state index contributed by atoms with van der Waals surface area (Å²) >= 11 is 5.28. The fourth-order valence-electron chi connectivity index (χ4n) is 3.79. The number of nitrogens with zero attached hydrogens (tertiary/aromatic N) is 2. The number of nitrogens with one attached hydrogen (secondary N) is 2. The highest BCUT2D eigenvalue weighted by Gasteiger charge is 2.34. The molecule has 0 radical (unpaired) electrons. The first-order valence-electron chi connectivity index (χ1n) is 10.9. The third-order valence-electron chi connectivity index (χ3n) is 5.72. The summed E-state index contributed by atoms with van der Waals surface area (Å²) in [7, 11) is 0. The number of hydrogen-bond acceptors (Lipinski definition) is 4. The Morgan fingerprint density at radius 1 is 1.06 bits per heavy atom. The third-order valence-corrected chi connectivity index (χ3v) is 6.01. The van der Waals surface area contributed by atoms with Crippen molar-refractivity contribution < 1.29 is 14.4 Å². The standard InChI is InChI=1S/C26H24N4O3S/c1-4-18-10-12-21(13-11-18)29-25(33)22(24(32)27-26(29)34)15-20-14-16(2)30(17(20)3)28-23(31)19-8-6-5-7-9-19/h5-15H,4H2,1-3H3,(H,28,31)(H,27,32,34)/b22-15+. The summed E-state index contributed by atoms with van der Waals surface area (Å²) in [4.78, 5) is 39.9. The molecule has 3 aromatic rings. The van der Waals surface area contributed by atoms with E-state index in [-0.39, 0.29) is 16.6 Å². The normalized spacial score (nSPS) is 15.0. The van der Waals surface area contributed by atoms with Gasteiger partial charge in [-0.3, -0.25) is 34.7 Å². The average Bonchev–Trinajstić information content (AvgIpc) is 3.10. The first-order valence-corrected chi connectivity index (χ1v) is 11.3. The molecular weight excluding hydrogens is 448 g/mol. The van der Waals surface area contributed by atoms with Crippen molar-refractivity contribution in [2.75, 3.05) is 10.3 Å². The van der Waals surface area contributed by atoms with Gasteiger partial charge in [0, 0.05) is 17.0 Å². The minimum absolute atomic E-state index is 0.0389. The molecular formula is C26H24N4O3S. The molecule has 8 heteroatoms. The Balaban J connectivity index is 1.65. The zero-order chi connectivity index (χ0) is 24.4. The van der Waals surface area contributed by atoms with E-state index in [9.17, 15) is 14.4 Å². The van der Waals surface area contributed by atoms with Crippen LogP contribution in [0.2, 0.25) is 0 Å². The van der Waals surface area contributed by atoms with E-state index < -0.39 is 11.8 Å². The number of thiocarbonyl (C=S) groups is 1. The highest BCUT2D eigenvalue weighted by molar-refractivity contribution is 7.80. The Morgan fingerprint density at radius 2 is 1.74 bits per heavy atom. The molecule has 2 aromatic carbocycles. The van der Waals surface area contributed by atoms with Crippen LogP contribution in [-0.2, 0) is 16.0 Å². The number of benzene rings is 2. The van der Waals surface area contributed by atoms with E-state index in [4.69, 9.17) is 12.2 Å². The van der Waals surface area contributed by atoms with Gasteiger partial charge in [-0.05, 0) is 80.0 Å². The summed E-state index contributed by atoms with van der Waals surface area (Å²) in [6.45, 7) is 5.69. The second-order valence-corrected chi connectivity index (χ2v) is 8.33. The molecule has 1 fully saturated rings. The van der Waals surface area contributed by atoms with Gasteiger partial charge in [0.2, 0.25) is 0 Å². The second kappa shape index (κ2) is 9.44. The molecule has 3 amide bonds. The van der Waals surface area contributed by atoms with Crippen LogP contribution in [0.25, 0.3) is 6.08 Å². The molecule has 1 aliphatic heterocycles. The van der Waals surface area contributed by atoms with Gasteiger partial charge in [-0.15, -0.1) is 0 Å². The Hall–Kier alpha value is -4.04. The number of carbonyl (C=O) groups is 3. The summed E-state index contributed by atoms with van der Waals surface area (Å²) < 4.78 is 1.64. The lowest BCUT2D eigenvalue weighted by atomic mass is 10.1. The lowest BCUT2D eigenvalue weighted by Gasteiger charge is -2.29. The molecule has 2 N–H and O–H groups in total. The molecule has 0 saturated carbocycles. The van der Waals surface area contributed by atoms with Gasteiger partial charge in [-0.2, -0.15) is 0 Å². The fourth-order valence-corrected chi connectivity index (χ4v) is 4.07. The summed E-state index contributed by atoms with van der Waals surface area (Å²) in [5.41, 5.74) is 7.12. The van der Waals surface area contributed by atoms with Crippen molar-refractivity contribution in [3.8, 4) is 0 Å². The third kappa shape index (κ3) is 4.40. The van der Waals surface area contributed by atoms with Crippen LogP contribution in [0.4, 0.5) is 5.69 Å². The second-order valence-electron chi connectivity index (χ2n) is 7.95. The first-order chi connectivity index (χ1) is 16.3. The molecule has 7 nitrogen and oxygen atoms in total. The predicted molar refractivity (Wildman–Crippen MR) is 136 cm³/mol. The van der Waals surface area contributed by atoms with Crippen molar-refractivity contribution in [1.29, 1.82) is 0 Å². The lowest BCUT2D eigenvalue weighted by Crippen LogP contribution is -2.54. The molecule has 0 atom stereocenters. The fraction of sp³-hybridized carbons (Fsp3) is 0.154. The average molecular weight is 473 g/mol. The van der Waals surface area contributed by atoms with Gasteiger partial charge in [-0.1, -0.05) is 37.3 Å². The minimum Gasteiger partial charge on any atom is -0.298 e. The van der Waals surface area contributed by atoms with Crippen molar-refractivity contribution in [1.82, 2.24) is 9.99 Å². The number of anilines is 1. The van der Waals surface area contributed by atoms with E-state index in [1.807, 2.05) is 57.2 Å². The van der Waals surface area contributed by atoms with Crippen molar-refractivity contribution in [3.05, 3.63) is 94.3 Å². The van der Waals surface area contributed by atoms with Crippen LogP contribution in [0, 0.1) is 13.8 Å². The molecule has 2 heterocycles. The smallest absolute Gasteiger partial charge is 0.270 e. The van der Waals surface area contributed by atoms with Crippen LogP contribution in [-0.4, -0.2) is 27.5 Å². The number of aryl methyl sites for hydroxylation is 2. The molecule has 0 unspecified atom stereocenters. The largest absolute Gasteiger partial charge is 0.298 e. The van der Waals surface area contributed by atoms with E-state index in [1.165, 1.54) is 11.0 Å². The Labute approximate surface area is 203 Å². The van der Waals surface area contributed by atoms with Crippen LogP contribution in [0.3, 0.4) is 0 Å². The number of rotatable bonds is 5. The Kier molecular flexibility index (Phi) is 6.43. The van der Waals surface area contributed by atoms with E-state index in [1.54, 1.807) is 28.9 Å². The SMILES string of the molecule is CCc1ccc(N2C(=O)/C(=C/c3cc(C)n(NC(=O)c4ccccc4)c3C)C(=O)NC2=S)cc1. The maximum atomic E-state index is 13.3. The van der Waals surface area contributed by atoms with Gasteiger partial charge in [0.05, 0.1) is 5.69 Å². The van der Waals surface area contributed by atoms with Crippen molar-refractivity contribution in [2.45, 2.75) is 27.2 Å². The maximum Gasteiger partial charge on any atom is 0.270 e. The zero-order valence-corrected chi connectivity index (χ0v) is 19.9. The van der Waals surface area contributed by atoms with Gasteiger partial charge in [0.25, 0.3) is 17.7 Å².